The molecule has 3 heteroatoms. The first-order valence-electron chi connectivity index (χ1n) is 9.40. The van der Waals surface area contributed by atoms with Crippen LogP contribution in [-0.4, -0.2) is 36.1 Å². The Hall–Kier alpha value is -0.380. The first kappa shape index (κ1) is 19.0. The van der Waals surface area contributed by atoms with Gasteiger partial charge in [0.05, 0.1) is 18.8 Å². The molecule has 0 aromatic heterocycles. The lowest BCUT2D eigenvalue weighted by Gasteiger charge is -2.46. The largest absolute Gasteiger partial charge is 0.393 e. The third-order valence-electron chi connectivity index (χ3n) is 6.83. The SMILES string of the molecule is C=C(CO)CC(O)CCC(C)C1CCC2C(OC)CCCC12C. The highest BCUT2D eigenvalue weighted by molar-refractivity contribution is 5.02. The van der Waals surface area contributed by atoms with E-state index in [-0.39, 0.29) is 12.7 Å². The summed E-state index contributed by atoms with van der Waals surface area (Å²) < 4.78 is 5.78. The molecule has 2 fully saturated rings. The van der Waals surface area contributed by atoms with E-state index in [4.69, 9.17) is 9.84 Å². The van der Waals surface area contributed by atoms with Crippen LogP contribution in [0.1, 0.15) is 65.2 Å². The van der Waals surface area contributed by atoms with E-state index in [1.807, 2.05) is 7.11 Å². The summed E-state index contributed by atoms with van der Waals surface area (Å²) in [4.78, 5) is 0. The lowest BCUT2D eigenvalue weighted by Crippen LogP contribution is -2.42. The number of rotatable bonds is 8. The Labute approximate surface area is 142 Å². The van der Waals surface area contributed by atoms with E-state index >= 15 is 0 Å². The Bertz CT molecular complexity index is 394. The van der Waals surface area contributed by atoms with Gasteiger partial charge in [-0.2, -0.15) is 0 Å². The quantitative estimate of drug-likeness (QED) is 0.665. The van der Waals surface area contributed by atoms with Crippen molar-refractivity contribution in [1.29, 1.82) is 0 Å². The molecule has 0 aromatic carbocycles. The van der Waals surface area contributed by atoms with Gasteiger partial charge in [-0.25, -0.2) is 0 Å². The molecule has 134 valence electrons. The number of aliphatic hydroxyl groups excluding tert-OH is 2. The molecule has 23 heavy (non-hydrogen) atoms. The molecule has 0 bridgehead atoms. The van der Waals surface area contributed by atoms with Crippen LogP contribution in [0, 0.1) is 23.2 Å². The number of aliphatic hydroxyl groups is 2. The average molecular weight is 325 g/mol. The molecule has 2 aliphatic carbocycles. The molecule has 2 N–H and O–H groups in total. The van der Waals surface area contributed by atoms with Gasteiger partial charge in [-0.3, -0.25) is 0 Å². The Kier molecular flexibility index (Phi) is 6.70. The van der Waals surface area contributed by atoms with Gasteiger partial charge in [0.25, 0.3) is 0 Å². The molecule has 0 heterocycles. The molecule has 0 saturated heterocycles. The Balaban J connectivity index is 1.90. The fraction of sp³-hybridized carbons (Fsp3) is 0.900. The summed E-state index contributed by atoms with van der Waals surface area (Å²) in [5.41, 5.74) is 1.14. The lowest BCUT2D eigenvalue weighted by molar-refractivity contribution is -0.0508. The van der Waals surface area contributed by atoms with Crippen LogP contribution in [0.4, 0.5) is 0 Å². The number of fused-ring (bicyclic) bond motifs is 1. The number of methoxy groups -OCH3 is 1. The van der Waals surface area contributed by atoms with Crippen molar-refractivity contribution in [1.82, 2.24) is 0 Å². The third-order valence-corrected chi connectivity index (χ3v) is 6.83. The summed E-state index contributed by atoms with van der Waals surface area (Å²) in [6, 6.07) is 0. The molecule has 2 rings (SSSR count). The third kappa shape index (κ3) is 4.18. The van der Waals surface area contributed by atoms with Crippen LogP contribution in [0.3, 0.4) is 0 Å². The summed E-state index contributed by atoms with van der Waals surface area (Å²) in [6.07, 6.45) is 8.93. The van der Waals surface area contributed by atoms with Crippen LogP contribution in [0.15, 0.2) is 12.2 Å². The molecule has 0 aliphatic heterocycles. The second-order valence-electron chi connectivity index (χ2n) is 8.28. The predicted octanol–water partition coefficient (Wildman–Crippen LogP) is 3.93. The van der Waals surface area contributed by atoms with Gasteiger partial charge in [-0.05, 0) is 73.7 Å². The van der Waals surface area contributed by atoms with E-state index in [0.29, 0.717) is 29.8 Å². The van der Waals surface area contributed by atoms with Gasteiger partial charge >= 0.3 is 0 Å². The number of ether oxygens (including phenoxy) is 1. The van der Waals surface area contributed by atoms with Crippen molar-refractivity contribution in [3.8, 4) is 0 Å². The lowest BCUT2D eigenvalue weighted by atomic mass is 9.61. The fourth-order valence-corrected chi connectivity index (χ4v) is 5.53. The van der Waals surface area contributed by atoms with Crippen LogP contribution >= 0.6 is 0 Å². The summed E-state index contributed by atoms with van der Waals surface area (Å²) in [5, 5.41) is 19.1. The van der Waals surface area contributed by atoms with Gasteiger partial charge in [0.2, 0.25) is 0 Å². The van der Waals surface area contributed by atoms with Crippen molar-refractivity contribution in [2.24, 2.45) is 23.2 Å². The van der Waals surface area contributed by atoms with Crippen molar-refractivity contribution in [2.75, 3.05) is 13.7 Å². The van der Waals surface area contributed by atoms with Crippen molar-refractivity contribution in [3.05, 3.63) is 12.2 Å². The normalized spacial score (nSPS) is 36.5. The molecular weight excluding hydrogens is 288 g/mol. The van der Waals surface area contributed by atoms with Gasteiger partial charge in [-0.1, -0.05) is 26.8 Å². The summed E-state index contributed by atoms with van der Waals surface area (Å²) in [6.45, 7) is 8.61. The molecule has 6 atom stereocenters. The van der Waals surface area contributed by atoms with E-state index in [1.165, 1.54) is 32.1 Å². The van der Waals surface area contributed by atoms with Crippen molar-refractivity contribution in [2.45, 2.75) is 77.4 Å². The maximum atomic E-state index is 10.1. The van der Waals surface area contributed by atoms with E-state index < -0.39 is 0 Å². The van der Waals surface area contributed by atoms with E-state index in [1.54, 1.807) is 0 Å². The fourth-order valence-electron chi connectivity index (χ4n) is 5.53. The summed E-state index contributed by atoms with van der Waals surface area (Å²) in [7, 11) is 1.87. The van der Waals surface area contributed by atoms with Crippen LogP contribution in [0.5, 0.6) is 0 Å². The number of hydrogen-bond donors (Lipinski definition) is 2. The molecule has 0 radical (unpaired) electrons. The minimum Gasteiger partial charge on any atom is -0.393 e. The van der Waals surface area contributed by atoms with Gasteiger partial charge < -0.3 is 14.9 Å². The first-order valence-corrected chi connectivity index (χ1v) is 9.40. The van der Waals surface area contributed by atoms with Gasteiger partial charge in [0.1, 0.15) is 0 Å². The number of hydrogen-bond acceptors (Lipinski definition) is 3. The Morgan fingerprint density at radius 1 is 1.30 bits per heavy atom. The maximum absolute atomic E-state index is 10.1. The van der Waals surface area contributed by atoms with Gasteiger partial charge in [0.15, 0.2) is 0 Å². The molecule has 0 spiro atoms. The summed E-state index contributed by atoms with van der Waals surface area (Å²) >= 11 is 0. The zero-order valence-electron chi connectivity index (χ0n) is 15.3. The maximum Gasteiger partial charge on any atom is 0.0640 e. The van der Waals surface area contributed by atoms with Crippen LogP contribution in [-0.2, 0) is 4.74 Å². The predicted molar refractivity (Wildman–Crippen MR) is 94.2 cm³/mol. The zero-order valence-corrected chi connectivity index (χ0v) is 15.3. The highest BCUT2D eigenvalue weighted by Gasteiger charge is 2.52. The molecule has 2 aliphatic rings. The molecule has 0 aromatic rings. The molecule has 6 unspecified atom stereocenters. The first-order chi connectivity index (χ1) is 10.9. The second kappa shape index (κ2) is 8.13. The highest BCUT2D eigenvalue weighted by Crippen LogP contribution is 2.58. The van der Waals surface area contributed by atoms with Crippen molar-refractivity contribution < 1.29 is 14.9 Å². The topological polar surface area (TPSA) is 49.7 Å². The van der Waals surface area contributed by atoms with E-state index in [0.717, 1.165) is 24.3 Å². The van der Waals surface area contributed by atoms with E-state index in [2.05, 4.69) is 20.4 Å². The summed E-state index contributed by atoms with van der Waals surface area (Å²) in [5.74, 6) is 2.10. The van der Waals surface area contributed by atoms with Gasteiger partial charge in [0, 0.05) is 7.11 Å². The highest BCUT2D eigenvalue weighted by atomic mass is 16.5. The van der Waals surface area contributed by atoms with Crippen molar-refractivity contribution >= 4 is 0 Å². The molecule has 2 saturated carbocycles. The Morgan fingerprint density at radius 3 is 2.70 bits per heavy atom. The minimum atomic E-state index is -0.361. The monoisotopic (exact) mass is 324 g/mol. The van der Waals surface area contributed by atoms with Crippen LogP contribution in [0.25, 0.3) is 0 Å². The average Bonchev–Trinajstić information content (AvgIpc) is 2.89. The second-order valence-corrected chi connectivity index (χ2v) is 8.28. The van der Waals surface area contributed by atoms with Crippen LogP contribution < -0.4 is 0 Å². The molecule has 0 amide bonds. The van der Waals surface area contributed by atoms with Crippen molar-refractivity contribution in [3.63, 3.8) is 0 Å². The van der Waals surface area contributed by atoms with Crippen LogP contribution in [0.2, 0.25) is 0 Å². The molecule has 3 nitrogen and oxygen atoms in total. The smallest absolute Gasteiger partial charge is 0.0640 e. The molecular formula is C20H36O3. The van der Waals surface area contributed by atoms with E-state index in [9.17, 15) is 5.11 Å². The van der Waals surface area contributed by atoms with Gasteiger partial charge in [-0.15, -0.1) is 0 Å². The Morgan fingerprint density at radius 2 is 2.04 bits per heavy atom. The minimum absolute atomic E-state index is 0.0204. The zero-order chi connectivity index (χ0) is 17.0. The standard InChI is InChI=1S/C20H36O3/c1-14(13-21)12-16(22)8-7-15(2)17-9-10-18-19(23-4)6-5-11-20(17,18)3/h15-19,21-22H,1,5-13H2,2-4H3.